The molecule has 0 fully saturated rings. The Labute approximate surface area is 181 Å². The Morgan fingerprint density at radius 3 is 2.43 bits per heavy atom. The predicted octanol–water partition coefficient (Wildman–Crippen LogP) is 5.65. The zero-order valence-corrected chi connectivity index (χ0v) is 17.4. The lowest BCUT2D eigenvalue weighted by Gasteiger charge is -2.09. The molecule has 148 valence electrons. The van der Waals surface area contributed by atoms with Crippen LogP contribution in [0, 0.1) is 18.3 Å². The molecule has 0 aliphatic heterocycles. The number of hydrogen-bond acceptors (Lipinski definition) is 3. The monoisotopic (exact) mass is 412 g/mol. The van der Waals surface area contributed by atoms with Crippen molar-refractivity contribution >= 4 is 28.7 Å². The van der Waals surface area contributed by atoms with Crippen molar-refractivity contribution in [3.8, 4) is 6.07 Å². The van der Waals surface area contributed by atoms with Gasteiger partial charge in [0.25, 0.3) is 0 Å². The van der Waals surface area contributed by atoms with E-state index in [4.69, 9.17) is 16.9 Å². The first-order valence-electron chi connectivity index (χ1n) is 9.73. The number of para-hydroxylation sites is 1. The molecule has 0 unspecified atom stereocenters. The molecule has 30 heavy (non-hydrogen) atoms. The molecule has 3 aromatic carbocycles. The molecule has 1 N–H and O–H groups in total. The van der Waals surface area contributed by atoms with E-state index in [1.165, 1.54) is 10.9 Å². The van der Waals surface area contributed by atoms with Crippen molar-refractivity contribution in [2.24, 2.45) is 5.10 Å². The Bertz CT molecular complexity index is 1230. The minimum atomic E-state index is 0.636. The summed E-state index contributed by atoms with van der Waals surface area (Å²) in [6.07, 6.45) is 1.89. The molecule has 0 aliphatic carbocycles. The third kappa shape index (κ3) is 4.22. The van der Waals surface area contributed by atoms with E-state index in [-0.39, 0.29) is 0 Å². The number of aromatic nitrogens is 1. The molecular weight excluding hydrogens is 392 g/mol. The van der Waals surface area contributed by atoms with E-state index in [1.54, 1.807) is 0 Å². The Balaban J connectivity index is 1.58. The second kappa shape index (κ2) is 8.86. The summed E-state index contributed by atoms with van der Waals surface area (Å²) < 4.78 is 2.29. The van der Waals surface area contributed by atoms with Gasteiger partial charge in [0, 0.05) is 33.7 Å². The van der Waals surface area contributed by atoms with Crippen molar-refractivity contribution < 1.29 is 0 Å². The third-order valence-corrected chi connectivity index (χ3v) is 5.44. The van der Waals surface area contributed by atoms with Crippen molar-refractivity contribution in [3.63, 3.8) is 0 Å². The maximum absolute atomic E-state index is 9.01. The number of hydrogen-bond donors (Lipinski definition) is 1. The van der Waals surface area contributed by atoms with E-state index in [2.05, 4.69) is 46.3 Å². The summed E-state index contributed by atoms with van der Waals surface area (Å²) in [6, 6.07) is 26.0. The minimum absolute atomic E-state index is 0.636. The molecule has 4 nitrogen and oxygen atoms in total. The predicted molar refractivity (Wildman–Crippen MR) is 123 cm³/mol. The highest BCUT2D eigenvalue weighted by molar-refractivity contribution is 6.30. The van der Waals surface area contributed by atoms with Crippen molar-refractivity contribution in [3.05, 3.63) is 106 Å². The largest absolute Gasteiger partial charge is 0.340 e. The Hall–Kier alpha value is -3.55. The van der Waals surface area contributed by atoms with E-state index in [1.807, 2.05) is 60.8 Å². The quantitative estimate of drug-likeness (QED) is 0.329. The van der Waals surface area contributed by atoms with Gasteiger partial charge in [0.1, 0.15) is 0 Å². The van der Waals surface area contributed by atoms with Gasteiger partial charge >= 0.3 is 0 Å². The van der Waals surface area contributed by atoms with Crippen molar-refractivity contribution in [1.82, 2.24) is 9.99 Å². The van der Waals surface area contributed by atoms with Crippen LogP contribution in [0.4, 0.5) is 0 Å². The summed E-state index contributed by atoms with van der Waals surface area (Å²) in [6.45, 7) is 3.49. The Morgan fingerprint density at radius 1 is 1.00 bits per heavy atom. The lowest BCUT2D eigenvalue weighted by molar-refractivity contribution is 0.747. The average molecular weight is 413 g/mol. The van der Waals surface area contributed by atoms with E-state index < -0.39 is 0 Å². The maximum atomic E-state index is 9.01. The van der Waals surface area contributed by atoms with Crippen LogP contribution >= 0.6 is 11.6 Å². The lowest BCUT2D eigenvalue weighted by Crippen LogP contribution is -2.06. The number of benzene rings is 3. The fourth-order valence-corrected chi connectivity index (χ4v) is 3.67. The van der Waals surface area contributed by atoms with Crippen molar-refractivity contribution in [2.75, 3.05) is 0 Å². The van der Waals surface area contributed by atoms with Gasteiger partial charge in [-0.05, 0) is 48.4 Å². The van der Waals surface area contributed by atoms with Gasteiger partial charge in [0.2, 0.25) is 0 Å². The second-order valence-corrected chi connectivity index (χ2v) is 7.57. The zero-order valence-electron chi connectivity index (χ0n) is 16.6. The SMILES string of the molecule is Cc1c(/C=N\NCc2ccc(Cl)cc2)c2ccccc2n1Cc1ccc(C#N)cc1. The molecule has 5 heteroatoms. The summed E-state index contributed by atoms with van der Waals surface area (Å²) in [5.74, 6) is 0. The Morgan fingerprint density at radius 2 is 1.70 bits per heavy atom. The number of nitrogens with zero attached hydrogens (tertiary/aromatic N) is 3. The van der Waals surface area contributed by atoms with E-state index >= 15 is 0 Å². The molecule has 4 rings (SSSR count). The van der Waals surface area contributed by atoms with Crippen LogP contribution in [0.1, 0.15) is 27.9 Å². The van der Waals surface area contributed by atoms with E-state index in [0.717, 1.165) is 34.0 Å². The number of fused-ring (bicyclic) bond motifs is 1. The first-order chi connectivity index (χ1) is 14.7. The molecule has 0 radical (unpaired) electrons. The molecule has 0 bridgehead atoms. The van der Waals surface area contributed by atoms with Crippen molar-refractivity contribution in [1.29, 1.82) is 5.26 Å². The minimum Gasteiger partial charge on any atom is -0.340 e. The van der Waals surface area contributed by atoms with Crippen LogP contribution in [-0.2, 0) is 13.1 Å². The highest BCUT2D eigenvalue weighted by atomic mass is 35.5. The normalized spacial score (nSPS) is 11.1. The molecule has 0 saturated heterocycles. The molecule has 4 aromatic rings. The molecule has 0 spiro atoms. The van der Waals surface area contributed by atoms with Crippen LogP contribution in [0.5, 0.6) is 0 Å². The van der Waals surface area contributed by atoms with E-state index in [9.17, 15) is 0 Å². The van der Waals surface area contributed by atoms with Crippen LogP contribution in [0.2, 0.25) is 5.02 Å². The summed E-state index contributed by atoms with van der Waals surface area (Å²) in [5.41, 5.74) is 9.49. The highest BCUT2D eigenvalue weighted by Gasteiger charge is 2.12. The summed E-state index contributed by atoms with van der Waals surface area (Å²) in [4.78, 5) is 0. The van der Waals surface area contributed by atoms with Gasteiger partial charge in [-0.25, -0.2) is 0 Å². The number of halogens is 1. The molecular formula is C25H21ClN4. The van der Waals surface area contributed by atoms with Gasteiger partial charge in [-0.15, -0.1) is 0 Å². The number of rotatable bonds is 6. The smallest absolute Gasteiger partial charge is 0.0991 e. The number of nitriles is 1. The van der Waals surface area contributed by atoms with Gasteiger partial charge in [-0.3, -0.25) is 0 Å². The summed E-state index contributed by atoms with van der Waals surface area (Å²) in [7, 11) is 0. The van der Waals surface area contributed by atoms with E-state index in [0.29, 0.717) is 12.1 Å². The standard InChI is InChI=1S/C25H21ClN4/c1-18-24(16-29-28-15-20-10-12-22(26)13-11-20)23-4-2-3-5-25(23)30(18)17-21-8-6-19(14-27)7-9-21/h2-13,16,28H,15,17H2,1H3/b29-16-. The first kappa shape index (κ1) is 19.8. The fourth-order valence-electron chi connectivity index (χ4n) is 3.54. The Kier molecular flexibility index (Phi) is 5.83. The van der Waals surface area contributed by atoms with Gasteiger partial charge in [-0.2, -0.15) is 10.4 Å². The first-order valence-corrected chi connectivity index (χ1v) is 10.1. The summed E-state index contributed by atoms with van der Waals surface area (Å²) >= 11 is 5.93. The molecule has 0 atom stereocenters. The van der Waals surface area contributed by atoms with Gasteiger partial charge in [0.15, 0.2) is 0 Å². The van der Waals surface area contributed by atoms with Crippen LogP contribution in [0.3, 0.4) is 0 Å². The van der Waals surface area contributed by atoms with Crippen molar-refractivity contribution in [2.45, 2.75) is 20.0 Å². The molecule has 1 heterocycles. The van der Waals surface area contributed by atoms with Gasteiger partial charge < -0.3 is 9.99 Å². The lowest BCUT2D eigenvalue weighted by atomic mass is 10.1. The fraction of sp³-hybridized carbons (Fsp3) is 0.120. The number of nitrogens with one attached hydrogen (secondary N) is 1. The number of hydrazone groups is 1. The maximum Gasteiger partial charge on any atom is 0.0991 e. The van der Waals surface area contributed by atoms with Gasteiger partial charge in [0.05, 0.1) is 24.4 Å². The average Bonchev–Trinajstić information content (AvgIpc) is 3.04. The summed E-state index contributed by atoms with van der Waals surface area (Å²) in [5, 5.41) is 15.4. The molecule has 0 amide bonds. The molecule has 1 aromatic heterocycles. The molecule has 0 saturated carbocycles. The van der Waals surface area contributed by atoms with Crippen LogP contribution in [-0.4, -0.2) is 10.8 Å². The van der Waals surface area contributed by atoms with Crippen LogP contribution in [0.15, 0.2) is 77.9 Å². The zero-order chi connectivity index (χ0) is 20.9. The van der Waals surface area contributed by atoms with Crippen LogP contribution in [0.25, 0.3) is 10.9 Å². The topological polar surface area (TPSA) is 53.1 Å². The van der Waals surface area contributed by atoms with Gasteiger partial charge in [-0.1, -0.05) is 54.1 Å². The third-order valence-electron chi connectivity index (χ3n) is 5.18. The molecule has 0 aliphatic rings. The second-order valence-electron chi connectivity index (χ2n) is 7.13. The highest BCUT2D eigenvalue weighted by Crippen LogP contribution is 2.25. The van der Waals surface area contributed by atoms with Crippen LogP contribution < -0.4 is 5.43 Å².